The number of rotatable bonds is 5. The van der Waals surface area contributed by atoms with Crippen molar-refractivity contribution in [3.8, 4) is 11.5 Å². The summed E-state index contributed by atoms with van der Waals surface area (Å²) in [5.41, 5.74) is 3.62. The van der Waals surface area contributed by atoms with Crippen LogP contribution >= 0.6 is 0 Å². The van der Waals surface area contributed by atoms with E-state index < -0.39 is 15.9 Å². The summed E-state index contributed by atoms with van der Waals surface area (Å²) in [7, 11) is -3.89. The van der Waals surface area contributed by atoms with E-state index in [1.807, 2.05) is 19.9 Å². The minimum atomic E-state index is -3.89. The van der Waals surface area contributed by atoms with Crippen molar-refractivity contribution in [3.63, 3.8) is 0 Å². The van der Waals surface area contributed by atoms with Gasteiger partial charge in [-0.1, -0.05) is 18.2 Å². The summed E-state index contributed by atoms with van der Waals surface area (Å²) < 4.78 is 39.4. The van der Waals surface area contributed by atoms with Crippen molar-refractivity contribution in [3.05, 3.63) is 76.9 Å². The van der Waals surface area contributed by atoms with E-state index in [0.29, 0.717) is 28.4 Å². The Kier molecular flexibility index (Phi) is 5.32. The Bertz CT molecular complexity index is 1290. The van der Waals surface area contributed by atoms with Crippen molar-refractivity contribution < 1.29 is 22.7 Å². The predicted molar refractivity (Wildman–Crippen MR) is 118 cm³/mol. The van der Waals surface area contributed by atoms with Crippen LogP contribution in [0.1, 0.15) is 27.0 Å². The number of fused-ring (bicyclic) bond motifs is 1. The first kappa shape index (κ1) is 20.7. The molecular formula is C23H22N2O5S. The number of hydrogen-bond acceptors (Lipinski definition) is 5. The smallest absolute Gasteiger partial charge is 0.262 e. The van der Waals surface area contributed by atoms with E-state index in [1.165, 1.54) is 6.07 Å². The van der Waals surface area contributed by atoms with Crippen molar-refractivity contribution in [2.24, 2.45) is 0 Å². The van der Waals surface area contributed by atoms with Crippen LogP contribution in [0.5, 0.6) is 11.5 Å². The lowest BCUT2D eigenvalue weighted by molar-refractivity contribution is 0.102. The molecule has 0 aromatic heterocycles. The number of anilines is 2. The summed E-state index contributed by atoms with van der Waals surface area (Å²) >= 11 is 0. The van der Waals surface area contributed by atoms with Crippen molar-refractivity contribution in [2.75, 3.05) is 16.8 Å². The highest BCUT2D eigenvalue weighted by Crippen LogP contribution is 2.34. The number of benzene rings is 3. The zero-order valence-electron chi connectivity index (χ0n) is 17.4. The Hall–Kier alpha value is -3.52. The molecule has 0 fully saturated rings. The lowest BCUT2D eigenvalue weighted by atomic mass is 10.1. The zero-order chi connectivity index (χ0) is 22.2. The van der Waals surface area contributed by atoms with Gasteiger partial charge in [0.15, 0.2) is 11.5 Å². The van der Waals surface area contributed by atoms with Crippen LogP contribution in [0.25, 0.3) is 0 Å². The monoisotopic (exact) mass is 438 g/mol. The highest BCUT2D eigenvalue weighted by Gasteiger charge is 2.21. The molecule has 4 rings (SSSR count). The molecule has 1 aliphatic heterocycles. The summed E-state index contributed by atoms with van der Waals surface area (Å²) in [6.07, 6.45) is 0. The topological polar surface area (TPSA) is 93.7 Å². The van der Waals surface area contributed by atoms with Gasteiger partial charge in [0, 0.05) is 17.3 Å². The van der Waals surface area contributed by atoms with E-state index in [0.717, 1.165) is 11.1 Å². The first-order chi connectivity index (χ1) is 14.7. The molecule has 160 valence electrons. The van der Waals surface area contributed by atoms with Crippen molar-refractivity contribution in [1.29, 1.82) is 0 Å². The van der Waals surface area contributed by atoms with Gasteiger partial charge in [-0.3, -0.25) is 9.52 Å². The number of carbonyl (C=O) groups is 1. The van der Waals surface area contributed by atoms with Gasteiger partial charge in [0.2, 0.25) is 6.79 Å². The fourth-order valence-electron chi connectivity index (χ4n) is 3.27. The number of carbonyl (C=O) groups excluding carboxylic acids is 1. The van der Waals surface area contributed by atoms with Crippen molar-refractivity contribution in [1.82, 2.24) is 0 Å². The van der Waals surface area contributed by atoms with Crippen molar-refractivity contribution >= 4 is 27.3 Å². The number of amides is 1. The van der Waals surface area contributed by atoms with Crippen LogP contribution in [0.15, 0.2) is 59.5 Å². The van der Waals surface area contributed by atoms with Crippen LogP contribution < -0.4 is 19.5 Å². The molecule has 0 spiro atoms. The molecular weight excluding hydrogens is 416 g/mol. The van der Waals surface area contributed by atoms with E-state index in [2.05, 4.69) is 10.0 Å². The van der Waals surface area contributed by atoms with Gasteiger partial charge in [0.1, 0.15) is 0 Å². The molecule has 1 aliphatic rings. The molecule has 0 radical (unpaired) electrons. The van der Waals surface area contributed by atoms with E-state index in [1.54, 1.807) is 49.4 Å². The molecule has 8 heteroatoms. The fraction of sp³-hybridized carbons (Fsp3) is 0.174. The maximum atomic E-state index is 13.1. The molecule has 3 aromatic rings. The second kappa shape index (κ2) is 7.96. The summed E-state index contributed by atoms with van der Waals surface area (Å²) in [4.78, 5) is 12.8. The Morgan fingerprint density at radius 1 is 0.903 bits per heavy atom. The van der Waals surface area contributed by atoms with Crippen molar-refractivity contribution in [2.45, 2.75) is 25.7 Å². The molecule has 1 amide bonds. The summed E-state index contributed by atoms with van der Waals surface area (Å²) in [6, 6.07) is 15.1. The fourth-order valence-corrected chi connectivity index (χ4v) is 4.66. The van der Waals surface area contributed by atoms with Gasteiger partial charge in [-0.2, -0.15) is 0 Å². The summed E-state index contributed by atoms with van der Waals surface area (Å²) in [5.74, 6) is 0.726. The highest BCUT2D eigenvalue weighted by molar-refractivity contribution is 7.92. The van der Waals surface area contributed by atoms with Gasteiger partial charge >= 0.3 is 0 Å². The first-order valence-electron chi connectivity index (χ1n) is 9.65. The summed E-state index contributed by atoms with van der Waals surface area (Å²) in [5, 5.41) is 2.76. The average molecular weight is 439 g/mol. The number of ether oxygens (including phenoxy) is 2. The van der Waals surface area contributed by atoms with Crippen LogP contribution in [0.4, 0.5) is 11.4 Å². The minimum Gasteiger partial charge on any atom is -0.454 e. The standard InChI is InChI=1S/C23H22N2O5S/c1-14-5-4-6-19(16(14)3)25-31(27,28)22-11-17(8-7-15(22)2)23(26)24-18-9-10-20-21(12-18)30-13-29-20/h4-12,25H,13H2,1-3H3,(H,24,26). The predicted octanol–water partition coefficient (Wildman–Crippen LogP) is 4.39. The molecule has 0 unspecified atom stereocenters. The number of sulfonamides is 1. The Morgan fingerprint density at radius 3 is 2.48 bits per heavy atom. The van der Waals surface area contributed by atoms with E-state index in [9.17, 15) is 13.2 Å². The Balaban J connectivity index is 1.60. The van der Waals surface area contributed by atoms with Gasteiger partial charge in [0.25, 0.3) is 15.9 Å². The Morgan fingerprint density at radius 2 is 1.68 bits per heavy atom. The molecule has 7 nitrogen and oxygen atoms in total. The maximum absolute atomic E-state index is 13.1. The second-order valence-corrected chi connectivity index (χ2v) is 9.01. The molecule has 31 heavy (non-hydrogen) atoms. The van der Waals surface area contributed by atoms with Gasteiger partial charge in [-0.25, -0.2) is 8.42 Å². The van der Waals surface area contributed by atoms with Crippen LogP contribution in [-0.2, 0) is 10.0 Å². The summed E-state index contributed by atoms with van der Waals surface area (Å²) in [6.45, 7) is 5.60. The SMILES string of the molecule is Cc1ccc(C(=O)Nc2ccc3c(c2)OCO3)cc1S(=O)(=O)Nc1cccc(C)c1C. The molecule has 0 saturated carbocycles. The van der Waals surface area contributed by atoms with Gasteiger partial charge in [0.05, 0.1) is 10.6 Å². The van der Waals surface area contributed by atoms with E-state index in [4.69, 9.17) is 9.47 Å². The van der Waals surface area contributed by atoms with Gasteiger partial charge in [-0.15, -0.1) is 0 Å². The average Bonchev–Trinajstić information content (AvgIpc) is 3.19. The van der Waals surface area contributed by atoms with E-state index in [-0.39, 0.29) is 17.3 Å². The molecule has 0 bridgehead atoms. The molecule has 1 heterocycles. The van der Waals surface area contributed by atoms with E-state index >= 15 is 0 Å². The molecule has 0 atom stereocenters. The molecule has 2 N–H and O–H groups in total. The van der Waals surface area contributed by atoms with Crippen LogP contribution in [0.2, 0.25) is 0 Å². The third kappa shape index (κ3) is 4.20. The minimum absolute atomic E-state index is 0.0479. The third-order valence-electron chi connectivity index (χ3n) is 5.22. The van der Waals surface area contributed by atoms with Crippen LogP contribution in [-0.4, -0.2) is 21.1 Å². The molecule has 3 aromatic carbocycles. The van der Waals surface area contributed by atoms with Gasteiger partial charge < -0.3 is 14.8 Å². The lowest BCUT2D eigenvalue weighted by Gasteiger charge is -2.14. The first-order valence-corrected chi connectivity index (χ1v) is 11.1. The maximum Gasteiger partial charge on any atom is 0.262 e. The number of hydrogen-bond donors (Lipinski definition) is 2. The molecule has 0 saturated heterocycles. The third-order valence-corrected chi connectivity index (χ3v) is 6.73. The van der Waals surface area contributed by atoms with Crippen LogP contribution in [0, 0.1) is 20.8 Å². The zero-order valence-corrected chi connectivity index (χ0v) is 18.2. The molecule has 0 aliphatic carbocycles. The van der Waals surface area contributed by atoms with Gasteiger partial charge in [-0.05, 0) is 67.8 Å². The Labute approximate surface area is 181 Å². The van der Waals surface area contributed by atoms with Crippen LogP contribution in [0.3, 0.4) is 0 Å². The quantitative estimate of drug-likeness (QED) is 0.616. The largest absolute Gasteiger partial charge is 0.454 e. The number of nitrogens with one attached hydrogen (secondary N) is 2. The normalized spacial score (nSPS) is 12.5. The number of aryl methyl sites for hydroxylation is 2. The second-order valence-electron chi connectivity index (χ2n) is 7.36. The lowest BCUT2D eigenvalue weighted by Crippen LogP contribution is -2.17. The highest BCUT2D eigenvalue weighted by atomic mass is 32.2.